The molecule has 1 aromatic rings. The number of amides is 1. The maximum atomic E-state index is 12.2. The van der Waals surface area contributed by atoms with Crippen molar-refractivity contribution < 1.29 is 9.53 Å². The molecule has 1 aliphatic carbocycles. The van der Waals surface area contributed by atoms with Gasteiger partial charge < -0.3 is 9.64 Å². The average molecular weight is 247 g/mol. The van der Waals surface area contributed by atoms with Crippen molar-refractivity contribution in [3.8, 4) is 5.75 Å². The highest BCUT2D eigenvalue weighted by Gasteiger charge is 2.45. The van der Waals surface area contributed by atoms with Gasteiger partial charge in [0.15, 0.2) is 0 Å². The molecule has 1 fully saturated rings. The molecule has 0 heterocycles. The van der Waals surface area contributed by atoms with E-state index in [0.29, 0.717) is 11.8 Å². The average Bonchev–Trinajstić information content (AvgIpc) is 3.20. The molecule has 2 unspecified atom stereocenters. The largest absolute Gasteiger partial charge is 0.497 e. The van der Waals surface area contributed by atoms with Crippen LogP contribution < -0.4 is 4.74 Å². The molecule has 0 N–H and O–H groups in total. The number of methoxy groups -OCH3 is 1. The third kappa shape index (κ3) is 2.50. The summed E-state index contributed by atoms with van der Waals surface area (Å²) in [5.41, 5.74) is 1.25. The highest BCUT2D eigenvalue weighted by atomic mass is 16.5. The maximum Gasteiger partial charge on any atom is 0.226 e. The van der Waals surface area contributed by atoms with Crippen LogP contribution in [0.25, 0.3) is 0 Å². The fraction of sp³-hybridized carbons (Fsp3) is 0.533. The van der Waals surface area contributed by atoms with Crippen LogP contribution in [-0.4, -0.2) is 31.0 Å². The zero-order valence-electron chi connectivity index (χ0n) is 11.3. The lowest BCUT2D eigenvalue weighted by Crippen LogP contribution is -2.32. The van der Waals surface area contributed by atoms with Gasteiger partial charge in [0.05, 0.1) is 7.11 Å². The standard InChI is InChI=1S/C15H21NO2/c1-4-16(5-2)15(17)14-10-13(14)11-6-8-12(18-3)9-7-11/h6-9,13-14H,4-5,10H2,1-3H3. The fourth-order valence-corrected chi connectivity index (χ4v) is 2.46. The molecule has 0 aromatic heterocycles. The van der Waals surface area contributed by atoms with Crippen LogP contribution in [0.5, 0.6) is 5.75 Å². The number of rotatable bonds is 5. The summed E-state index contributed by atoms with van der Waals surface area (Å²) in [7, 11) is 1.67. The van der Waals surface area contributed by atoms with Crippen LogP contribution in [0.2, 0.25) is 0 Å². The van der Waals surface area contributed by atoms with Crippen LogP contribution in [-0.2, 0) is 4.79 Å². The first-order valence-corrected chi connectivity index (χ1v) is 6.64. The number of nitrogens with zero attached hydrogens (tertiary/aromatic N) is 1. The van der Waals surface area contributed by atoms with Crippen molar-refractivity contribution in [2.75, 3.05) is 20.2 Å². The Morgan fingerprint density at radius 1 is 1.28 bits per heavy atom. The summed E-state index contributed by atoms with van der Waals surface area (Å²) in [4.78, 5) is 14.1. The highest BCUT2D eigenvalue weighted by molar-refractivity contribution is 5.83. The summed E-state index contributed by atoms with van der Waals surface area (Å²) in [5.74, 6) is 1.77. The van der Waals surface area contributed by atoms with E-state index >= 15 is 0 Å². The highest BCUT2D eigenvalue weighted by Crippen LogP contribution is 2.48. The van der Waals surface area contributed by atoms with Gasteiger partial charge in [-0.2, -0.15) is 0 Å². The third-order valence-corrected chi connectivity index (χ3v) is 3.73. The van der Waals surface area contributed by atoms with Crippen LogP contribution in [0.1, 0.15) is 31.7 Å². The van der Waals surface area contributed by atoms with Crippen molar-refractivity contribution in [2.45, 2.75) is 26.2 Å². The predicted octanol–water partition coefficient (Wildman–Crippen LogP) is 2.67. The van der Waals surface area contributed by atoms with Gasteiger partial charge in [0.2, 0.25) is 5.91 Å². The molecule has 2 rings (SSSR count). The van der Waals surface area contributed by atoms with Gasteiger partial charge in [-0.15, -0.1) is 0 Å². The van der Waals surface area contributed by atoms with Gasteiger partial charge in [-0.1, -0.05) is 12.1 Å². The van der Waals surface area contributed by atoms with E-state index in [1.54, 1.807) is 7.11 Å². The molecule has 3 heteroatoms. The minimum absolute atomic E-state index is 0.193. The molecule has 98 valence electrons. The summed E-state index contributed by atoms with van der Waals surface area (Å²) in [5, 5.41) is 0. The Hall–Kier alpha value is -1.51. The van der Waals surface area contributed by atoms with Crippen LogP contribution in [0.3, 0.4) is 0 Å². The fourth-order valence-electron chi connectivity index (χ4n) is 2.46. The maximum absolute atomic E-state index is 12.2. The van der Waals surface area contributed by atoms with Crippen molar-refractivity contribution in [3.05, 3.63) is 29.8 Å². The normalized spacial score (nSPS) is 21.5. The number of ether oxygens (including phenoxy) is 1. The lowest BCUT2D eigenvalue weighted by Gasteiger charge is -2.18. The van der Waals surface area contributed by atoms with Crippen molar-refractivity contribution in [3.63, 3.8) is 0 Å². The molecule has 1 aliphatic rings. The predicted molar refractivity (Wildman–Crippen MR) is 71.8 cm³/mol. The topological polar surface area (TPSA) is 29.5 Å². The Labute approximate surface area is 109 Å². The molecule has 0 bridgehead atoms. The van der Waals surface area contributed by atoms with Crippen molar-refractivity contribution in [1.29, 1.82) is 0 Å². The number of benzene rings is 1. The summed E-state index contributed by atoms with van der Waals surface area (Å²) in [6, 6.07) is 8.07. The molecule has 0 spiro atoms. The smallest absolute Gasteiger partial charge is 0.226 e. The second kappa shape index (κ2) is 5.42. The van der Waals surface area contributed by atoms with E-state index in [0.717, 1.165) is 25.3 Å². The van der Waals surface area contributed by atoms with Gasteiger partial charge >= 0.3 is 0 Å². The first-order chi connectivity index (χ1) is 8.71. The van der Waals surface area contributed by atoms with Crippen LogP contribution in [0.4, 0.5) is 0 Å². The first kappa shape index (κ1) is 12.9. The lowest BCUT2D eigenvalue weighted by molar-refractivity contribution is -0.132. The molecule has 1 aromatic carbocycles. The molecule has 1 saturated carbocycles. The van der Waals surface area contributed by atoms with Gasteiger partial charge in [-0.25, -0.2) is 0 Å². The van der Waals surface area contributed by atoms with Crippen LogP contribution in [0.15, 0.2) is 24.3 Å². The molecule has 1 amide bonds. The Morgan fingerprint density at radius 2 is 1.89 bits per heavy atom. The summed E-state index contributed by atoms with van der Waals surface area (Å²) < 4.78 is 5.14. The Morgan fingerprint density at radius 3 is 2.39 bits per heavy atom. The summed E-state index contributed by atoms with van der Waals surface area (Å²) in [6.07, 6.45) is 0.988. The number of carbonyl (C=O) groups excluding carboxylic acids is 1. The molecule has 18 heavy (non-hydrogen) atoms. The number of hydrogen-bond donors (Lipinski definition) is 0. The van der Waals surface area contributed by atoms with Gasteiger partial charge in [-0.3, -0.25) is 4.79 Å². The van der Waals surface area contributed by atoms with Gasteiger partial charge in [0.25, 0.3) is 0 Å². The monoisotopic (exact) mass is 247 g/mol. The zero-order valence-corrected chi connectivity index (χ0v) is 11.3. The van der Waals surface area contributed by atoms with Crippen molar-refractivity contribution >= 4 is 5.91 Å². The second-order valence-electron chi connectivity index (χ2n) is 4.73. The zero-order chi connectivity index (χ0) is 13.1. The Kier molecular flexibility index (Phi) is 3.90. The minimum atomic E-state index is 0.193. The van der Waals surface area contributed by atoms with E-state index in [9.17, 15) is 4.79 Å². The van der Waals surface area contributed by atoms with E-state index in [2.05, 4.69) is 12.1 Å². The quantitative estimate of drug-likeness (QED) is 0.800. The van der Waals surface area contributed by atoms with Crippen molar-refractivity contribution in [1.82, 2.24) is 4.90 Å². The first-order valence-electron chi connectivity index (χ1n) is 6.64. The van der Waals surface area contributed by atoms with Gasteiger partial charge in [0, 0.05) is 19.0 Å². The molecular formula is C15H21NO2. The summed E-state index contributed by atoms with van der Waals surface area (Å²) in [6.45, 7) is 5.68. The molecule has 3 nitrogen and oxygen atoms in total. The van der Waals surface area contributed by atoms with Crippen LogP contribution >= 0.6 is 0 Å². The molecular weight excluding hydrogens is 226 g/mol. The molecule has 0 radical (unpaired) electrons. The van der Waals surface area contributed by atoms with E-state index in [4.69, 9.17) is 4.74 Å². The van der Waals surface area contributed by atoms with Crippen LogP contribution in [0, 0.1) is 5.92 Å². The van der Waals surface area contributed by atoms with Gasteiger partial charge in [-0.05, 0) is 43.9 Å². The van der Waals surface area contributed by atoms with E-state index in [-0.39, 0.29) is 5.92 Å². The number of hydrogen-bond acceptors (Lipinski definition) is 2. The number of carbonyl (C=O) groups is 1. The lowest BCUT2D eigenvalue weighted by atomic mass is 10.1. The Bertz CT molecular complexity index is 409. The van der Waals surface area contributed by atoms with E-state index in [1.807, 2.05) is 30.9 Å². The van der Waals surface area contributed by atoms with Gasteiger partial charge in [0.1, 0.15) is 5.75 Å². The third-order valence-electron chi connectivity index (χ3n) is 3.73. The molecule has 0 aliphatic heterocycles. The molecule has 2 atom stereocenters. The Balaban J connectivity index is 1.99. The second-order valence-corrected chi connectivity index (χ2v) is 4.73. The van der Waals surface area contributed by atoms with Crippen molar-refractivity contribution in [2.24, 2.45) is 5.92 Å². The van der Waals surface area contributed by atoms with E-state index in [1.165, 1.54) is 5.56 Å². The molecule has 0 saturated heterocycles. The van der Waals surface area contributed by atoms with E-state index < -0.39 is 0 Å². The SMILES string of the molecule is CCN(CC)C(=O)C1CC1c1ccc(OC)cc1. The summed E-state index contributed by atoms with van der Waals surface area (Å²) >= 11 is 0. The minimum Gasteiger partial charge on any atom is -0.497 e.